The average molecular weight is 431 g/mol. The van der Waals surface area contributed by atoms with Crippen LogP contribution in [0.1, 0.15) is 26.3 Å². The quantitative estimate of drug-likeness (QED) is 0.300. The number of hydrogen-bond donors (Lipinski definition) is 2. The highest BCUT2D eigenvalue weighted by Crippen LogP contribution is 2.32. The van der Waals surface area contributed by atoms with Gasteiger partial charge in [-0.2, -0.15) is 0 Å². The molecular formula is C20H12Cl2N2O5. The topological polar surface area (TPSA) is 110 Å². The number of carbonyl (C=O) groups is 2. The number of anilines is 2. The Bertz CT molecular complexity index is 1150. The molecule has 0 aliphatic rings. The SMILES string of the molecule is O=C(O)c1ccccc1C(=O)c1ccc(Nc2ccc(Cl)c(Cl)c2)c([N+](=O)[O-])c1. The first-order valence-electron chi connectivity index (χ1n) is 8.15. The van der Waals surface area contributed by atoms with Crippen LogP contribution in [0.25, 0.3) is 0 Å². The monoisotopic (exact) mass is 430 g/mol. The summed E-state index contributed by atoms with van der Waals surface area (Å²) in [5, 5.41) is 24.3. The Morgan fingerprint density at radius 2 is 1.62 bits per heavy atom. The molecule has 0 heterocycles. The summed E-state index contributed by atoms with van der Waals surface area (Å²) in [7, 11) is 0. The van der Waals surface area contributed by atoms with Gasteiger partial charge in [0.25, 0.3) is 5.69 Å². The lowest BCUT2D eigenvalue weighted by atomic mass is 9.97. The maximum atomic E-state index is 12.8. The molecule has 9 heteroatoms. The molecule has 0 radical (unpaired) electrons. The summed E-state index contributed by atoms with van der Waals surface area (Å²) in [5.41, 5.74) is 0.00623. The maximum Gasteiger partial charge on any atom is 0.336 e. The van der Waals surface area contributed by atoms with E-state index in [9.17, 15) is 24.8 Å². The van der Waals surface area contributed by atoms with Crippen LogP contribution in [0.3, 0.4) is 0 Å². The first-order valence-corrected chi connectivity index (χ1v) is 8.91. The molecule has 0 aliphatic carbocycles. The second-order valence-corrected chi connectivity index (χ2v) is 6.74. The van der Waals surface area contributed by atoms with Crippen molar-refractivity contribution in [2.75, 3.05) is 5.32 Å². The van der Waals surface area contributed by atoms with Crippen LogP contribution >= 0.6 is 23.2 Å². The molecule has 0 amide bonds. The number of benzene rings is 3. The van der Waals surface area contributed by atoms with Crippen LogP contribution in [0.15, 0.2) is 60.7 Å². The van der Waals surface area contributed by atoms with Crippen molar-refractivity contribution < 1.29 is 19.6 Å². The summed E-state index contributed by atoms with van der Waals surface area (Å²) in [6, 6.07) is 14.2. The third-order valence-corrected chi connectivity index (χ3v) is 4.80. The van der Waals surface area contributed by atoms with E-state index in [0.29, 0.717) is 10.7 Å². The predicted octanol–water partition coefficient (Wildman–Crippen LogP) is 5.57. The van der Waals surface area contributed by atoms with Crippen molar-refractivity contribution in [3.63, 3.8) is 0 Å². The van der Waals surface area contributed by atoms with Gasteiger partial charge in [-0.1, -0.05) is 41.4 Å². The molecule has 3 rings (SSSR count). The lowest BCUT2D eigenvalue weighted by Gasteiger charge is -2.10. The number of nitro groups is 1. The van der Waals surface area contributed by atoms with Gasteiger partial charge in [-0.15, -0.1) is 0 Å². The lowest BCUT2D eigenvalue weighted by Crippen LogP contribution is -2.10. The van der Waals surface area contributed by atoms with Crippen LogP contribution in [0.5, 0.6) is 0 Å². The van der Waals surface area contributed by atoms with Gasteiger partial charge in [-0.3, -0.25) is 14.9 Å². The van der Waals surface area contributed by atoms with Gasteiger partial charge in [0.1, 0.15) is 5.69 Å². The van der Waals surface area contributed by atoms with Gasteiger partial charge in [0.05, 0.1) is 20.5 Å². The molecular weight excluding hydrogens is 419 g/mol. The molecule has 3 aromatic rings. The molecule has 3 aromatic carbocycles. The van der Waals surface area contributed by atoms with E-state index in [-0.39, 0.29) is 33.1 Å². The van der Waals surface area contributed by atoms with Gasteiger partial charge in [0.2, 0.25) is 0 Å². The smallest absolute Gasteiger partial charge is 0.336 e. The van der Waals surface area contributed by atoms with E-state index in [1.54, 1.807) is 12.1 Å². The molecule has 0 atom stereocenters. The molecule has 146 valence electrons. The number of rotatable bonds is 6. The van der Waals surface area contributed by atoms with E-state index >= 15 is 0 Å². The van der Waals surface area contributed by atoms with E-state index in [0.717, 1.165) is 6.07 Å². The van der Waals surface area contributed by atoms with Crippen LogP contribution in [-0.2, 0) is 0 Å². The maximum absolute atomic E-state index is 12.8. The Morgan fingerprint density at radius 3 is 2.24 bits per heavy atom. The highest BCUT2D eigenvalue weighted by Gasteiger charge is 2.22. The number of carboxylic acid groups (broad SMARTS) is 1. The summed E-state index contributed by atoms with van der Waals surface area (Å²) in [5.74, 6) is -1.89. The minimum atomic E-state index is -1.26. The molecule has 29 heavy (non-hydrogen) atoms. The van der Waals surface area contributed by atoms with Crippen LogP contribution in [-0.4, -0.2) is 21.8 Å². The second-order valence-electron chi connectivity index (χ2n) is 5.92. The van der Waals surface area contributed by atoms with E-state index in [1.807, 2.05) is 0 Å². The first-order chi connectivity index (χ1) is 13.8. The molecule has 0 saturated heterocycles. The van der Waals surface area contributed by atoms with E-state index in [4.69, 9.17) is 23.2 Å². The Hall–Kier alpha value is -3.42. The Balaban J connectivity index is 2.00. The zero-order chi connectivity index (χ0) is 21.1. The van der Waals surface area contributed by atoms with E-state index in [1.165, 1.54) is 42.5 Å². The number of ketones is 1. The zero-order valence-electron chi connectivity index (χ0n) is 14.6. The predicted molar refractivity (Wildman–Crippen MR) is 110 cm³/mol. The largest absolute Gasteiger partial charge is 0.478 e. The third-order valence-electron chi connectivity index (χ3n) is 4.06. The van der Waals surface area contributed by atoms with Crippen molar-refractivity contribution >= 4 is 52.0 Å². The summed E-state index contributed by atoms with van der Waals surface area (Å²) < 4.78 is 0. The Morgan fingerprint density at radius 1 is 0.931 bits per heavy atom. The fourth-order valence-corrected chi connectivity index (χ4v) is 2.98. The first kappa shape index (κ1) is 20.3. The molecule has 0 saturated carbocycles. The summed E-state index contributed by atoms with van der Waals surface area (Å²) >= 11 is 11.8. The van der Waals surface area contributed by atoms with E-state index < -0.39 is 16.7 Å². The van der Waals surface area contributed by atoms with Crippen molar-refractivity contribution in [2.45, 2.75) is 0 Å². The standard InChI is InChI=1S/C20H12Cl2N2O5/c21-15-7-6-12(10-16(15)22)23-17-8-5-11(9-18(17)24(28)29)19(25)13-3-1-2-4-14(13)20(26)27/h1-10,23H,(H,26,27). The Kier molecular flexibility index (Phi) is 5.81. The highest BCUT2D eigenvalue weighted by atomic mass is 35.5. The number of nitrogens with zero attached hydrogens (tertiary/aromatic N) is 1. The summed E-state index contributed by atoms with van der Waals surface area (Å²) in [6.07, 6.45) is 0. The number of aromatic carboxylic acids is 1. The number of nitro benzene ring substituents is 1. The van der Waals surface area contributed by atoms with E-state index in [2.05, 4.69) is 5.32 Å². The van der Waals surface area contributed by atoms with Crippen molar-refractivity contribution in [1.82, 2.24) is 0 Å². The number of halogens is 2. The molecule has 0 fully saturated rings. The lowest BCUT2D eigenvalue weighted by molar-refractivity contribution is -0.383. The van der Waals surface area contributed by atoms with Gasteiger partial charge >= 0.3 is 5.97 Å². The van der Waals surface area contributed by atoms with Gasteiger partial charge < -0.3 is 10.4 Å². The second kappa shape index (κ2) is 8.30. The molecule has 7 nitrogen and oxygen atoms in total. The minimum absolute atomic E-state index is 0.00918. The number of carbonyl (C=O) groups excluding carboxylic acids is 1. The average Bonchev–Trinajstić information content (AvgIpc) is 2.70. The molecule has 2 N–H and O–H groups in total. The van der Waals surface area contributed by atoms with Gasteiger partial charge in [-0.05, 0) is 36.4 Å². The molecule has 0 spiro atoms. The Labute approximate surface area is 174 Å². The van der Waals surface area contributed by atoms with Crippen LogP contribution in [0.2, 0.25) is 10.0 Å². The number of nitrogens with one attached hydrogen (secondary N) is 1. The molecule has 0 aliphatic heterocycles. The third kappa shape index (κ3) is 4.37. The van der Waals surface area contributed by atoms with Crippen LogP contribution in [0, 0.1) is 10.1 Å². The molecule has 0 aromatic heterocycles. The number of hydrogen-bond acceptors (Lipinski definition) is 5. The van der Waals surface area contributed by atoms with Crippen molar-refractivity contribution in [2.24, 2.45) is 0 Å². The van der Waals surface area contributed by atoms with Crippen molar-refractivity contribution in [3.8, 4) is 0 Å². The van der Waals surface area contributed by atoms with Gasteiger partial charge in [0.15, 0.2) is 5.78 Å². The van der Waals surface area contributed by atoms with Gasteiger partial charge in [-0.25, -0.2) is 4.79 Å². The summed E-state index contributed by atoms with van der Waals surface area (Å²) in [4.78, 5) is 35.0. The minimum Gasteiger partial charge on any atom is -0.478 e. The van der Waals surface area contributed by atoms with Crippen molar-refractivity contribution in [3.05, 3.63) is 97.5 Å². The molecule has 0 unspecified atom stereocenters. The van der Waals surface area contributed by atoms with Crippen molar-refractivity contribution in [1.29, 1.82) is 0 Å². The number of carboxylic acids is 1. The molecule has 0 bridgehead atoms. The fourth-order valence-electron chi connectivity index (χ4n) is 2.68. The fraction of sp³-hybridized carbons (Fsp3) is 0. The normalized spacial score (nSPS) is 10.4. The summed E-state index contributed by atoms with van der Waals surface area (Å²) in [6.45, 7) is 0. The van der Waals surface area contributed by atoms with Crippen LogP contribution < -0.4 is 5.32 Å². The van der Waals surface area contributed by atoms with Crippen LogP contribution in [0.4, 0.5) is 17.1 Å². The highest BCUT2D eigenvalue weighted by molar-refractivity contribution is 6.42. The zero-order valence-corrected chi connectivity index (χ0v) is 16.1. The van der Waals surface area contributed by atoms with Gasteiger partial charge in [0, 0.05) is 22.9 Å².